The number of imide groups is 1. The number of amides is 2. The molecule has 1 heterocycles. The maximum absolute atomic E-state index is 11.1. The van der Waals surface area contributed by atoms with Crippen molar-refractivity contribution in [2.24, 2.45) is 5.84 Å². The molecule has 1 aliphatic carbocycles. The Balaban J connectivity index is 0. The van der Waals surface area contributed by atoms with Crippen molar-refractivity contribution in [3.63, 3.8) is 0 Å². The van der Waals surface area contributed by atoms with Gasteiger partial charge in [-0.25, -0.2) is 0 Å². The Morgan fingerprint density at radius 1 is 0.861 bits per heavy atom. The number of benzene rings is 2. The number of hydrazine groups is 1. The summed E-state index contributed by atoms with van der Waals surface area (Å²) < 4.78 is 0. The number of nitrogens with one attached hydrogen (secondary N) is 1. The fourth-order valence-corrected chi connectivity index (χ4v) is 2.48. The van der Waals surface area contributed by atoms with Crippen molar-refractivity contribution in [1.29, 1.82) is 0 Å². The van der Waals surface area contributed by atoms with Gasteiger partial charge in [-0.05, 0) is 19.2 Å². The van der Waals surface area contributed by atoms with E-state index in [9.17, 15) is 19.2 Å². The second kappa shape index (κ2) is 26.4. The van der Waals surface area contributed by atoms with Crippen LogP contribution in [0.4, 0.5) is 0 Å². The third-order valence-electron chi connectivity index (χ3n) is 3.62. The van der Waals surface area contributed by atoms with Crippen LogP contribution in [0.2, 0.25) is 0 Å². The molecule has 4 N–H and O–H groups in total. The van der Waals surface area contributed by atoms with E-state index in [4.69, 9.17) is 5.21 Å². The van der Waals surface area contributed by atoms with Crippen LogP contribution < -0.4 is 24.5 Å². The van der Waals surface area contributed by atoms with Gasteiger partial charge < -0.3 is 0 Å². The zero-order chi connectivity index (χ0) is 28.3. The summed E-state index contributed by atoms with van der Waals surface area (Å²) in [6.07, 6.45) is 0.0549. The molecule has 2 aliphatic rings. The van der Waals surface area contributed by atoms with Gasteiger partial charge in [0.05, 0.1) is 17.5 Å². The third kappa shape index (κ3) is 17.7. The van der Waals surface area contributed by atoms with Crippen molar-refractivity contribution in [2.75, 3.05) is 7.05 Å². The zero-order valence-corrected chi connectivity index (χ0v) is 37.9. The number of fused-ring (bicyclic) bond motifs is 2. The van der Waals surface area contributed by atoms with E-state index in [1.54, 1.807) is 43.4 Å². The average molecular weight is 1470 g/mol. The van der Waals surface area contributed by atoms with Crippen molar-refractivity contribution in [1.82, 2.24) is 10.5 Å². The van der Waals surface area contributed by atoms with Crippen molar-refractivity contribution in [3.05, 3.63) is 70.8 Å². The molecule has 0 aromatic heterocycles. The number of Topliss-reactive ketones (excluding diaryl/α,β-unsaturated/α-hetero) is 2. The Labute approximate surface area is 306 Å². The number of rotatable bonds is 0. The van der Waals surface area contributed by atoms with Gasteiger partial charge in [-0.3, -0.25) is 35.7 Å². The van der Waals surface area contributed by atoms with Crippen LogP contribution in [0.25, 0.3) is 0 Å². The molecule has 1 aliphatic heterocycles. The summed E-state index contributed by atoms with van der Waals surface area (Å²) in [6, 6.07) is 13.2. The molecule has 0 radical (unpaired) electrons. The summed E-state index contributed by atoms with van der Waals surface area (Å²) in [6.45, 7) is 0. The number of ketones is 2. The van der Waals surface area contributed by atoms with E-state index in [0.29, 0.717) is 33.8 Å². The molecule has 2 amide bonds. The van der Waals surface area contributed by atoms with Gasteiger partial charge in [0.15, 0.2) is 11.6 Å². The maximum atomic E-state index is 11.1. The van der Waals surface area contributed by atoms with Crippen molar-refractivity contribution in [2.45, 2.75) is 6.42 Å². The number of hydrogen-bond acceptors (Lipinski definition) is 7. The van der Waals surface area contributed by atoms with Crippen LogP contribution in [0.1, 0.15) is 47.9 Å². The predicted molar refractivity (Wildman–Crippen MR) is 190 cm³/mol. The molecule has 0 atom stereocenters. The summed E-state index contributed by atoms with van der Waals surface area (Å²) in [5.74, 6) is 3.18. The molecule has 0 bridgehead atoms. The summed E-state index contributed by atoms with van der Waals surface area (Å²) in [4.78, 5) is 44.0. The van der Waals surface area contributed by atoms with Gasteiger partial charge in [0.1, 0.15) is 0 Å². The third-order valence-corrected chi connectivity index (χ3v) is 3.62. The van der Waals surface area contributed by atoms with Crippen LogP contribution in [0.15, 0.2) is 48.5 Å². The van der Waals surface area contributed by atoms with Gasteiger partial charge in [-0.1, -0.05) is 36.4 Å². The summed E-state index contributed by atoms with van der Waals surface area (Å²) in [5, 5.41) is 9.05. The van der Waals surface area contributed by atoms with Crippen LogP contribution in [-0.2, 0) is 14.4 Å². The van der Waals surface area contributed by atoms with Crippen LogP contribution >= 0.6 is 137 Å². The minimum absolute atomic E-state index is 0.0504. The van der Waals surface area contributed by atoms with Gasteiger partial charge in [0.2, 0.25) is 0 Å². The first-order valence-electron chi connectivity index (χ1n) is 8.75. The van der Waals surface area contributed by atoms with E-state index >= 15 is 0 Å². The van der Waals surface area contributed by atoms with Crippen LogP contribution in [-0.4, -0.2) is 40.7 Å². The van der Waals surface area contributed by atoms with Gasteiger partial charge in [0.25, 0.3) is 11.8 Å². The molecule has 18 heteroatoms. The van der Waals surface area contributed by atoms with E-state index < -0.39 is 11.8 Å². The quantitative estimate of drug-likeness (QED) is 0.0892. The number of halogens is 8. The van der Waals surface area contributed by atoms with Crippen molar-refractivity contribution < 1.29 is 52.0 Å². The van der Waals surface area contributed by atoms with Gasteiger partial charge >= 0.3 is 165 Å². The fourth-order valence-electron chi connectivity index (χ4n) is 2.48. The number of carbonyl (C=O) groups is 4. The zero-order valence-electron chi connectivity index (χ0n) is 17.8. The van der Waals surface area contributed by atoms with Crippen LogP contribution in [0.5, 0.6) is 0 Å². The second-order valence-corrected chi connectivity index (χ2v) is 69.0. The molecule has 36 heavy (non-hydrogen) atoms. The number of hydrogen-bond donors (Lipinski definition) is 3. The molecule has 0 saturated carbocycles. The van der Waals surface area contributed by atoms with E-state index in [1.165, 1.54) is 12.1 Å². The molecule has 0 saturated heterocycles. The molecule has 8 nitrogen and oxygen atoms in total. The van der Waals surface area contributed by atoms with E-state index in [0.717, 1.165) is 0 Å². The Bertz CT molecular complexity index is 916. The fraction of sp³-hybridized carbons (Fsp3) is 0.111. The first kappa shape index (κ1) is 41.9. The Morgan fingerprint density at radius 3 is 1.33 bits per heavy atom. The van der Waals surface area contributed by atoms with Crippen LogP contribution in [0, 0.1) is 0 Å². The molecule has 201 valence electrons. The second-order valence-electron chi connectivity index (χ2n) is 5.63. The molecule has 4 rings (SSSR count). The Morgan fingerprint density at radius 2 is 1.08 bits per heavy atom. The number of hydroxylamine groups is 2. The first-order valence-corrected chi connectivity index (χ1v) is 43.8. The number of nitrogens with two attached hydrogens (primary N) is 1. The van der Waals surface area contributed by atoms with Crippen molar-refractivity contribution in [3.8, 4) is 0 Å². The topological polar surface area (TPSA) is 130 Å². The normalized spacial score (nSPS) is 12.2. The summed E-state index contributed by atoms with van der Waals surface area (Å²) in [7, 11) is 2.28. The minimum atomic E-state index is -0.657. The molecular formula is C18H17I8N3O5V2-. The molecule has 0 spiro atoms. The molecule has 2 aromatic carbocycles. The van der Waals surface area contributed by atoms with Gasteiger partial charge in [-0.2, -0.15) is 0 Å². The first-order chi connectivity index (χ1) is 17.0. The van der Waals surface area contributed by atoms with E-state index in [2.05, 4.69) is 148 Å². The van der Waals surface area contributed by atoms with E-state index in [1.807, 2.05) is 0 Å². The summed E-state index contributed by atoms with van der Waals surface area (Å²) >= 11 is 17.4. The molecule has 2 aromatic rings. The monoisotopic (exact) mass is 1470 g/mol. The van der Waals surface area contributed by atoms with Gasteiger partial charge in [-0.15, -0.1) is 5.06 Å². The number of nitrogens with zero attached hydrogens (tertiary/aromatic N) is 1. The molecule has 0 fully saturated rings. The SMILES string of the molecule is CNN.I[I-]I.O=C1CC(=O)c2ccccc21.O=C1c2ccccc2C(=O)N1O.[I][V]([I])[I].[I][V][I]. The van der Waals surface area contributed by atoms with Crippen LogP contribution in [0.3, 0.4) is 0 Å². The average Bonchev–Trinajstić information content (AvgIpc) is 3.24. The van der Waals surface area contributed by atoms with Crippen molar-refractivity contribution >= 4 is 161 Å². The molecular weight excluding hydrogens is 1460 g/mol. The number of carbonyl (C=O) groups excluding carboxylic acids is 4. The van der Waals surface area contributed by atoms with Gasteiger partial charge in [0, 0.05) is 11.1 Å². The van der Waals surface area contributed by atoms with E-state index in [-0.39, 0.29) is 39.1 Å². The predicted octanol–water partition coefficient (Wildman–Crippen LogP) is 4.41. The Kier molecular flexibility index (Phi) is 30.8. The standard InChI is InChI=1S/C9H6O2.C8H5NO3.CH6N2.I3.5HI.2V/c10-8-5-9(11)7-4-2-1-3-6(7)8;10-7-5-3-1-2-4-6(5)8(11)9(7)12;2*1-3-2;;;;;;;/h1-4H,5H2;1-4,12H;3H,2H2,1H3;;5*1H;;/q;;;-1;;;;;;+2;+3/p-5. The Hall–Kier alpha value is 3.81. The molecule has 0 unspecified atom stereocenters. The summed E-state index contributed by atoms with van der Waals surface area (Å²) in [5.41, 5.74) is 3.92.